The zero-order valence-electron chi connectivity index (χ0n) is 19.9. The van der Waals surface area contributed by atoms with E-state index < -0.39 is 0 Å². The molecule has 1 aliphatic heterocycles. The third-order valence-electron chi connectivity index (χ3n) is 7.51. The zero-order valence-corrected chi connectivity index (χ0v) is 20.7. The van der Waals surface area contributed by atoms with E-state index in [0.717, 1.165) is 48.1 Å². The van der Waals surface area contributed by atoms with E-state index in [4.69, 9.17) is 0 Å². The summed E-state index contributed by atoms with van der Waals surface area (Å²) in [5, 5.41) is 3.64. The summed E-state index contributed by atoms with van der Waals surface area (Å²) in [4.78, 5) is 29.7. The van der Waals surface area contributed by atoms with Gasteiger partial charge in [-0.15, -0.1) is 11.8 Å². The summed E-state index contributed by atoms with van der Waals surface area (Å²) in [7, 11) is 0. The summed E-state index contributed by atoms with van der Waals surface area (Å²) in [6.07, 6.45) is 9.29. The predicted octanol–water partition coefficient (Wildman–Crippen LogP) is 5.71. The summed E-state index contributed by atoms with van der Waals surface area (Å²) in [5.41, 5.74) is 3.40. The number of thioether (sulfide) groups is 1. The molecule has 3 unspecified atom stereocenters. The molecule has 1 saturated heterocycles. The Morgan fingerprint density at radius 1 is 1.06 bits per heavy atom. The van der Waals surface area contributed by atoms with E-state index >= 15 is 0 Å². The van der Waals surface area contributed by atoms with Crippen LogP contribution in [0, 0.1) is 12.8 Å². The van der Waals surface area contributed by atoms with Crippen LogP contribution < -0.4 is 5.32 Å². The molecule has 3 fully saturated rings. The number of amides is 2. The van der Waals surface area contributed by atoms with Crippen LogP contribution in [0.15, 0.2) is 59.5 Å². The lowest BCUT2D eigenvalue weighted by Gasteiger charge is -2.46. The maximum absolute atomic E-state index is 13.8. The van der Waals surface area contributed by atoms with Gasteiger partial charge < -0.3 is 10.2 Å². The largest absolute Gasteiger partial charge is 0.353 e. The van der Waals surface area contributed by atoms with Crippen LogP contribution in [0.25, 0.3) is 6.08 Å². The quantitative estimate of drug-likeness (QED) is 0.565. The fraction of sp³-hybridized carbons (Fsp3) is 0.448. The molecule has 5 heteroatoms. The molecule has 3 aliphatic rings. The number of benzene rings is 2. The SMILES string of the molecule is Cc1cccc(CN2C(=O)/C(=C/c3ccccc3)SC3CCC(C(=O)NC4CCCC4)CC32)c1. The van der Waals surface area contributed by atoms with Gasteiger partial charge in [-0.25, -0.2) is 0 Å². The van der Waals surface area contributed by atoms with Gasteiger partial charge in [-0.05, 0) is 56.2 Å². The molecule has 2 aliphatic carbocycles. The number of hydrogen-bond acceptors (Lipinski definition) is 3. The maximum Gasteiger partial charge on any atom is 0.260 e. The average Bonchev–Trinajstić information content (AvgIpc) is 3.35. The highest BCUT2D eigenvalue weighted by atomic mass is 32.2. The number of nitrogens with one attached hydrogen (secondary N) is 1. The lowest BCUT2D eigenvalue weighted by atomic mass is 9.83. The molecule has 178 valence electrons. The minimum Gasteiger partial charge on any atom is -0.353 e. The summed E-state index contributed by atoms with van der Waals surface area (Å²) < 4.78 is 0. The van der Waals surface area contributed by atoms with E-state index in [-0.39, 0.29) is 23.8 Å². The van der Waals surface area contributed by atoms with E-state index in [2.05, 4.69) is 41.4 Å². The Bertz CT molecular complexity index is 1060. The van der Waals surface area contributed by atoms with Crippen molar-refractivity contribution >= 4 is 29.7 Å². The number of nitrogens with zero attached hydrogens (tertiary/aromatic N) is 1. The summed E-state index contributed by atoms with van der Waals surface area (Å²) in [5.74, 6) is 0.285. The summed E-state index contributed by atoms with van der Waals surface area (Å²) in [6, 6.07) is 18.9. The molecule has 5 rings (SSSR count). The van der Waals surface area contributed by atoms with Gasteiger partial charge in [-0.2, -0.15) is 0 Å². The fourth-order valence-electron chi connectivity index (χ4n) is 5.71. The van der Waals surface area contributed by atoms with Crippen molar-refractivity contribution in [2.24, 2.45) is 5.92 Å². The van der Waals surface area contributed by atoms with E-state index in [0.29, 0.717) is 17.8 Å². The van der Waals surface area contributed by atoms with Crippen LogP contribution in [0.1, 0.15) is 61.6 Å². The Labute approximate surface area is 207 Å². The van der Waals surface area contributed by atoms with Gasteiger partial charge in [-0.3, -0.25) is 9.59 Å². The van der Waals surface area contributed by atoms with Gasteiger partial charge in [0.1, 0.15) is 0 Å². The highest BCUT2D eigenvalue weighted by molar-refractivity contribution is 8.04. The Morgan fingerprint density at radius 3 is 2.62 bits per heavy atom. The molecule has 2 aromatic rings. The molecule has 2 saturated carbocycles. The molecule has 1 heterocycles. The van der Waals surface area contributed by atoms with E-state index in [1.165, 1.54) is 18.4 Å². The molecular formula is C29H34N2O2S. The van der Waals surface area contributed by atoms with Crippen LogP contribution in [-0.2, 0) is 16.1 Å². The van der Waals surface area contributed by atoms with Crippen molar-refractivity contribution < 1.29 is 9.59 Å². The Morgan fingerprint density at radius 2 is 1.85 bits per heavy atom. The number of rotatable bonds is 5. The van der Waals surface area contributed by atoms with Crippen molar-refractivity contribution in [3.63, 3.8) is 0 Å². The van der Waals surface area contributed by atoms with Gasteiger partial charge in [0.25, 0.3) is 5.91 Å². The molecule has 1 N–H and O–H groups in total. The number of fused-ring (bicyclic) bond motifs is 1. The average molecular weight is 475 g/mol. The monoisotopic (exact) mass is 474 g/mol. The third-order valence-corrected chi connectivity index (χ3v) is 8.91. The first-order chi connectivity index (χ1) is 16.6. The van der Waals surface area contributed by atoms with Crippen LogP contribution in [0.5, 0.6) is 0 Å². The van der Waals surface area contributed by atoms with Crippen molar-refractivity contribution in [3.8, 4) is 0 Å². The second-order valence-electron chi connectivity index (χ2n) is 10.1. The topological polar surface area (TPSA) is 49.4 Å². The molecular weight excluding hydrogens is 440 g/mol. The van der Waals surface area contributed by atoms with Crippen LogP contribution in [0.2, 0.25) is 0 Å². The first kappa shape index (κ1) is 23.2. The Balaban J connectivity index is 1.39. The van der Waals surface area contributed by atoms with Crippen molar-refractivity contribution in [2.45, 2.75) is 75.7 Å². The van der Waals surface area contributed by atoms with Crippen molar-refractivity contribution in [1.82, 2.24) is 10.2 Å². The molecule has 0 aromatic heterocycles. The van der Waals surface area contributed by atoms with E-state index in [1.54, 1.807) is 11.8 Å². The molecule has 2 amide bonds. The first-order valence-corrected chi connectivity index (χ1v) is 13.5. The number of carbonyl (C=O) groups excluding carboxylic acids is 2. The first-order valence-electron chi connectivity index (χ1n) is 12.7. The zero-order chi connectivity index (χ0) is 23.5. The lowest BCUT2D eigenvalue weighted by Crippen LogP contribution is -2.54. The van der Waals surface area contributed by atoms with Gasteiger partial charge in [0, 0.05) is 29.8 Å². The minimum atomic E-state index is -0.00471. The molecule has 2 aromatic carbocycles. The molecule has 0 spiro atoms. The fourth-order valence-corrected chi connectivity index (χ4v) is 7.13. The second kappa shape index (κ2) is 10.4. The molecule has 0 bridgehead atoms. The van der Waals surface area contributed by atoms with Crippen LogP contribution in [-0.4, -0.2) is 34.0 Å². The van der Waals surface area contributed by atoms with Crippen molar-refractivity contribution in [1.29, 1.82) is 0 Å². The standard InChI is InChI=1S/C29H34N2O2S/c1-20-8-7-11-22(16-20)19-31-25-18-23(28(32)30-24-12-5-6-13-24)14-15-26(25)34-27(29(31)33)17-21-9-3-2-4-10-21/h2-4,7-11,16-17,23-26H,5-6,12-15,18-19H2,1H3,(H,30,32)/b27-17-. The minimum absolute atomic E-state index is 0.00471. The van der Waals surface area contributed by atoms with Crippen LogP contribution in [0.3, 0.4) is 0 Å². The second-order valence-corrected chi connectivity index (χ2v) is 11.3. The molecule has 3 atom stereocenters. The maximum atomic E-state index is 13.8. The van der Waals surface area contributed by atoms with E-state index in [9.17, 15) is 9.59 Å². The van der Waals surface area contributed by atoms with Gasteiger partial charge in [0.15, 0.2) is 0 Å². The van der Waals surface area contributed by atoms with Crippen molar-refractivity contribution in [2.75, 3.05) is 0 Å². The summed E-state index contributed by atoms with van der Waals surface area (Å²) in [6.45, 7) is 2.68. The highest BCUT2D eigenvalue weighted by Crippen LogP contribution is 2.44. The molecule has 34 heavy (non-hydrogen) atoms. The van der Waals surface area contributed by atoms with Crippen LogP contribution >= 0.6 is 11.8 Å². The van der Waals surface area contributed by atoms with Gasteiger partial charge in [-0.1, -0.05) is 73.0 Å². The number of aryl methyl sites for hydroxylation is 1. The normalized spacial score (nSPS) is 26.5. The lowest BCUT2D eigenvalue weighted by molar-refractivity contribution is -0.134. The van der Waals surface area contributed by atoms with Crippen molar-refractivity contribution in [3.05, 3.63) is 76.2 Å². The molecule has 4 nitrogen and oxygen atoms in total. The number of hydrogen-bond donors (Lipinski definition) is 1. The third kappa shape index (κ3) is 5.25. The van der Waals surface area contributed by atoms with Gasteiger partial charge in [0.05, 0.1) is 4.91 Å². The van der Waals surface area contributed by atoms with Gasteiger partial charge >= 0.3 is 0 Å². The highest BCUT2D eigenvalue weighted by Gasteiger charge is 2.44. The smallest absolute Gasteiger partial charge is 0.260 e. The summed E-state index contributed by atoms with van der Waals surface area (Å²) >= 11 is 1.72. The Hall–Kier alpha value is -2.53. The number of carbonyl (C=O) groups is 2. The predicted molar refractivity (Wildman–Crippen MR) is 139 cm³/mol. The van der Waals surface area contributed by atoms with Gasteiger partial charge in [0.2, 0.25) is 5.91 Å². The molecule has 0 radical (unpaired) electrons. The van der Waals surface area contributed by atoms with E-state index in [1.807, 2.05) is 36.4 Å². The van der Waals surface area contributed by atoms with Crippen LogP contribution in [0.4, 0.5) is 0 Å². The Kier molecular flexibility index (Phi) is 7.10.